The summed E-state index contributed by atoms with van der Waals surface area (Å²) in [5.41, 5.74) is -0.0404. The molecule has 7 nitrogen and oxygen atoms in total. The van der Waals surface area contributed by atoms with Crippen molar-refractivity contribution < 1.29 is 9.72 Å². The van der Waals surface area contributed by atoms with E-state index in [1.165, 1.54) is 17.1 Å². The molecule has 1 aromatic rings. The van der Waals surface area contributed by atoms with E-state index in [0.29, 0.717) is 13.1 Å². The van der Waals surface area contributed by atoms with Crippen LogP contribution in [0.25, 0.3) is 0 Å². The molecule has 0 unspecified atom stereocenters. The number of carbonyl (C=O) groups is 1. The van der Waals surface area contributed by atoms with Crippen LogP contribution in [0.15, 0.2) is 12.4 Å². The molecule has 0 saturated heterocycles. The SMILES string of the molecule is CCC(CC)C(=O)NCCn1cc([N+](=O)[O-])cn1. The topological polar surface area (TPSA) is 90.1 Å². The van der Waals surface area contributed by atoms with Crippen LogP contribution in [0.2, 0.25) is 0 Å². The first-order chi connectivity index (χ1) is 8.58. The van der Waals surface area contributed by atoms with Gasteiger partial charge in [0.25, 0.3) is 0 Å². The van der Waals surface area contributed by atoms with Gasteiger partial charge in [0.05, 0.1) is 11.5 Å². The van der Waals surface area contributed by atoms with Gasteiger partial charge in [0.2, 0.25) is 5.91 Å². The molecule has 7 heteroatoms. The van der Waals surface area contributed by atoms with Crippen LogP contribution < -0.4 is 5.32 Å². The largest absolute Gasteiger partial charge is 0.354 e. The van der Waals surface area contributed by atoms with Crippen molar-refractivity contribution >= 4 is 11.6 Å². The number of carbonyl (C=O) groups excluding carboxylic acids is 1. The second kappa shape index (κ2) is 6.73. The van der Waals surface area contributed by atoms with Crippen LogP contribution >= 0.6 is 0 Å². The van der Waals surface area contributed by atoms with Gasteiger partial charge in [0.1, 0.15) is 12.4 Å². The summed E-state index contributed by atoms with van der Waals surface area (Å²) in [7, 11) is 0. The monoisotopic (exact) mass is 254 g/mol. The maximum absolute atomic E-state index is 11.7. The first-order valence-corrected chi connectivity index (χ1v) is 6.03. The summed E-state index contributed by atoms with van der Waals surface area (Å²) in [4.78, 5) is 21.6. The van der Waals surface area contributed by atoms with Crippen molar-refractivity contribution in [3.05, 3.63) is 22.5 Å². The minimum absolute atomic E-state index is 0.0293. The highest BCUT2D eigenvalue weighted by atomic mass is 16.6. The highest BCUT2D eigenvalue weighted by Gasteiger charge is 2.13. The Bertz CT molecular complexity index is 412. The predicted molar refractivity (Wildman–Crippen MR) is 66.0 cm³/mol. The van der Waals surface area contributed by atoms with Crippen LogP contribution in [0.5, 0.6) is 0 Å². The van der Waals surface area contributed by atoms with E-state index in [4.69, 9.17) is 0 Å². The Morgan fingerprint density at radius 3 is 2.72 bits per heavy atom. The summed E-state index contributed by atoms with van der Waals surface area (Å²) >= 11 is 0. The van der Waals surface area contributed by atoms with Gasteiger partial charge < -0.3 is 5.32 Å². The minimum atomic E-state index is -0.494. The second-order valence-electron chi connectivity index (χ2n) is 4.02. The number of nitro groups is 1. The number of hydrogen-bond donors (Lipinski definition) is 1. The summed E-state index contributed by atoms with van der Waals surface area (Å²) in [5, 5.41) is 17.1. The molecule has 0 aliphatic carbocycles. The normalized spacial score (nSPS) is 10.6. The predicted octanol–water partition coefficient (Wildman–Crippen LogP) is 1.34. The zero-order valence-electron chi connectivity index (χ0n) is 10.6. The Balaban J connectivity index is 2.37. The Hall–Kier alpha value is -1.92. The van der Waals surface area contributed by atoms with Crippen molar-refractivity contribution in [1.82, 2.24) is 15.1 Å². The number of amides is 1. The molecular weight excluding hydrogens is 236 g/mol. The van der Waals surface area contributed by atoms with Crippen LogP contribution in [-0.4, -0.2) is 27.2 Å². The molecule has 100 valence electrons. The van der Waals surface area contributed by atoms with Gasteiger partial charge in [-0.1, -0.05) is 13.8 Å². The van der Waals surface area contributed by atoms with E-state index in [1.807, 2.05) is 13.8 Å². The molecule has 0 spiro atoms. The van der Waals surface area contributed by atoms with E-state index < -0.39 is 4.92 Å². The average molecular weight is 254 g/mol. The van der Waals surface area contributed by atoms with Crippen molar-refractivity contribution in [3.8, 4) is 0 Å². The zero-order chi connectivity index (χ0) is 13.5. The van der Waals surface area contributed by atoms with Gasteiger partial charge in [-0.05, 0) is 12.8 Å². The summed E-state index contributed by atoms with van der Waals surface area (Å²) in [6, 6.07) is 0. The molecule has 1 amide bonds. The van der Waals surface area contributed by atoms with Crippen molar-refractivity contribution in [2.75, 3.05) is 6.54 Å². The van der Waals surface area contributed by atoms with E-state index in [0.717, 1.165) is 12.8 Å². The van der Waals surface area contributed by atoms with E-state index in [9.17, 15) is 14.9 Å². The highest BCUT2D eigenvalue weighted by molar-refractivity contribution is 5.78. The van der Waals surface area contributed by atoms with Crippen molar-refractivity contribution in [2.24, 2.45) is 5.92 Å². The van der Waals surface area contributed by atoms with Crippen molar-refractivity contribution in [2.45, 2.75) is 33.2 Å². The number of nitrogens with one attached hydrogen (secondary N) is 1. The zero-order valence-corrected chi connectivity index (χ0v) is 10.6. The van der Waals surface area contributed by atoms with Crippen LogP contribution in [0, 0.1) is 16.0 Å². The Morgan fingerprint density at radius 2 is 2.22 bits per heavy atom. The van der Waals surface area contributed by atoms with Crippen LogP contribution in [0.1, 0.15) is 26.7 Å². The second-order valence-corrected chi connectivity index (χ2v) is 4.02. The van der Waals surface area contributed by atoms with Gasteiger partial charge in [-0.3, -0.25) is 19.6 Å². The Kier molecular flexibility index (Phi) is 5.29. The molecule has 0 fully saturated rings. The summed E-state index contributed by atoms with van der Waals surface area (Å²) in [6.07, 6.45) is 4.18. The van der Waals surface area contributed by atoms with E-state index in [-0.39, 0.29) is 17.5 Å². The third-order valence-corrected chi connectivity index (χ3v) is 2.83. The molecule has 0 aliphatic heterocycles. The fraction of sp³-hybridized carbons (Fsp3) is 0.636. The lowest BCUT2D eigenvalue weighted by Crippen LogP contribution is -2.32. The van der Waals surface area contributed by atoms with Gasteiger partial charge >= 0.3 is 5.69 Å². The van der Waals surface area contributed by atoms with Gasteiger partial charge in [0, 0.05) is 12.5 Å². The molecule has 0 bridgehead atoms. The van der Waals surface area contributed by atoms with Gasteiger partial charge in [-0.15, -0.1) is 0 Å². The third-order valence-electron chi connectivity index (χ3n) is 2.83. The van der Waals surface area contributed by atoms with Gasteiger partial charge in [-0.25, -0.2) is 0 Å². The van der Waals surface area contributed by atoms with Crippen LogP contribution in [0.3, 0.4) is 0 Å². The minimum Gasteiger partial charge on any atom is -0.354 e. The summed E-state index contributed by atoms with van der Waals surface area (Å²) < 4.78 is 1.45. The first kappa shape index (κ1) is 14.1. The fourth-order valence-corrected chi connectivity index (χ4v) is 1.67. The molecule has 0 radical (unpaired) electrons. The smallest absolute Gasteiger partial charge is 0.306 e. The summed E-state index contributed by atoms with van der Waals surface area (Å²) in [5.74, 6) is 0.0682. The molecule has 1 heterocycles. The molecule has 1 aromatic heterocycles. The van der Waals surface area contributed by atoms with Crippen LogP contribution in [0.4, 0.5) is 5.69 Å². The first-order valence-electron chi connectivity index (χ1n) is 6.03. The Labute approximate surface area is 105 Å². The molecule has 0 saturated carbocycles. The van der Waals surface area contributed by atoms with Crippen molar-refractivity contribution in [1.29, 1.82) is 0 Å². The standard InChI is InChI=1S/C11H18N4O3/c1-3-9(4-2)11(16)12-5-6-14-8-10(7-13-14)15(17)18/h7-9H,3-6H2,1-2H3,(H,12,16). The lowest BCUT2D eigenvalue weighted by atomic mass is 10.0. The van der Waals surface area contributed by atoms with E-state index >= 15 is 0 Å². The lowest BCUT2D eigenvalue weighted by molar-refractivity contribution is -0.385. The molecule has 1 rings (SSSR count). The van der Waals surface area contributed by atoms with Gasteiger partial charge in [-0.2, -0.15) is 5.10 Å². The van der Waals surface area contributed by atoms with Crippen LogP contribution in [-0.2, 0) is 11.3 Å². The van der Waals surface area contributed by atoms with Gasteiger partial charge in [0.15, 0.2) is 0 Å². The molecule has 0 atom stereocenters. The maximum Gasteiger partial charge on any atom is 0.306 e. The molecular formula is C11H18N4O3. The lowest BCUT2D eigenvalue weighted by Gasteiger charge is -2.12. The molecule has 0 aliphatic rings. The number of aromatic nitrogens is 2. The average Bonchev–Trinajstić information content (AvgIpc) is 2.79. The number of nitrogens with zero attached hydrogens (tertiary/aromatic N) is 3. The summed E-state index contributed by atoms with van der Waals surface area (Å²) in [6.45, 7) is 4.81. The maximum atomic E-state index is 11.7. The van der Waals surface area contributed by atoms with Crippen molar-refractivity contribution in [3.63, 3.8) is 0 Å². The number of hydrogen-bond acceptors (Lipinski definition) is 4. The molecule has 0 aromatic carbocycles. The van der Waals surface area contributed by atoms with E-state index in [1.54, 1.807) is 0 Å². The number of rotatable bonds is 7. The quantitative estimate of drug-likeness (QED) is 0.587. The Morgan fingerprint density at radius 1 is 1.56 bits per heavy atom. The molecule has 18 heavy (non-hydrogen) atoms. The fourth-order valence-electron chi connectivity index (χ4n) is 1.67. The highest BCUT2D eigenvalue weighted by Crippen LogP contribution is 2.08. The third kappa shape index (κ3) is 3.83. The van der Waals surface area contributed by atoms with E-state index in [2.05, 4.69) is 10.4 Å². The molecule has 1 N–H and O–H groups in total.